The van der Waals surface area contributed by atoms with Crippen LogP contribution in [-0.4, -0.2) is 23.2 Å². The topological polar surface area (TPSA) is 75.4 Å². The highest BCUT2D eigenvalue weighted by atomic mass is 19.1. The fraction of sp³-hybridized carbons (Fsp3) is 0.333. The van der Waals surface area contributed by atoms with Crippen molar-refractivity contribution in [1.29, 1.82) is 0 Å². The number of nitro benzene ring substituents is 1. The molecule has 0 saturated carbocycles. The van der Waals surface area contributed by atoms with E-state index in [1.165, 1.54) is 6.07 Å². The van der Waals surface area contributed by atoms with E-state index >= 15 is 0 Å². The van der Waals surface area contributed by atoms with Crippen LogP contribution < -0.4 is 5.32 Å². The number of nitrogens with one attached hydrogen (secondary N) is 1. The molecule has 0 unspecified atom stereocenters. The smallest absolute Gasteiger partial charge is 0.304 e. The van der Waals surface area contributed by atoms with Gasteiger partial charge in [0.1, 0.15) is 0 Å². The number of aliphatic hydroxyl groups excluding tert-OH is 1. The molecule has 15 heavy (non-hydrogen) atoms. The highest BCUT2D eigenvalue weighted by molar-refractivity contribution is 5.34. The maximum atomic E-state index is 13.1. The lowest BCUT2D eigenvalue weighted by molar-refractivity contribution is -0.387. The Morgan fingerprint density at radius 2 is 2.27 bits per heavy atom. The summed E-state index contributed by atoms with van der Waals surface area (Å²) >= 11 is 0. The zero-order valence-corrected chi connectivity index (χ0v) is 7.94. The summed E-state index contributed by atoms with van der Waals surface area (Å²) in [6.45, 7) is 0.767. The molecule has 0 aliphatic heterocycles. The van der Waals surface area contributed by atoms with E-state index in [9.17, 15) is 14.5 Å². The second kappa shape index (κ2) is 5.38. The molecular weight excluding hydrogens is 203 g/mol. The highest BCUT2D eigenvalue weighted by Crippen LogP contribution is 2.17. The zero-order valence-electron chi connectivity index (χ0n) is 7.94. The number of benzene rings is 1. The average Bonchev–Trinajstić information content (AvgIpc) is 2.17. The van der Waals surface area contributed by atoms with Gasteiger partial charge in [-0.1, -0.05) is 6.07 Å². The number of hydrogen-bond acceptors (Lipinski definition) is 4. The van der Waals surface area contributed by atoms with Crippen molar-refractivity contribution in [1.82, 2.24) is 5.32 Å². The first kappa shape index (κ1) is 11.5. The van der Waals surface area contributed by atoms with Crippen molar-refractivity contribution in [2.45, 2.75) is 6.54 Å². The van der Waals surface area contributed by atoms with Crippen molar-refractivity contribution >= 4 is 5.69 Å². The fourth-order valence-electron chi connectivity index (χ4n) is 1.12. The molecule has 1 aromatic rings. The summed E-state index contributed by atoms with van der Waals surface area (Å²) in [6.07, 6.45) is 0. The molecular formula is C9H11FN2O3. The third kappa shape index (κ3) is 3.26. The summed E-state index contributed by atoms with van der Waals surface area (Å²) in [5.41, 5.74) is 0.0764. The Morgan fingerprint density at radius 1 is 1.53 bits per heavy atom. The third-order valence-corrected chi connectivity index (χ3v) is 1.83. The standard InChI is InChI=1S/C9H11FN2O3/c10-8-5-7(6-11-3-4-13)1-2-9(8)12(14)15/h1-2,5,11,13H,3-4,6H2. The van der Waals surface area contributed by atoms with Gasteiger partial charge in [0.15, 0.2) is 0 Å². The average molecular weight is 214 g/mol. The fourth-order valence-corrected chi connectivity index (χ4v) is 1.12. The minimum atomic E-state index is -0.844. The van der Waals surface area contributed by atoms with E-state index in [2.05, 4.69) is 5.32 Å². The van der Waals surface area contributed by atoms with Gasteiger partial charge in [0.2, 0.25) is 5.82 Å². The predicted octanol–water partition coefficient (Wildman–Crippen LogP) is 0.816. The summed E-state index contributed by atoms with van der Waals surface area (Å²) < 4.78 is 13.1. The van der Waals surface area contributed by atoms with Crippen LogP contribution in [-0.2, 0) is 6.54 Å². The molecule has 5 nitrogen and oxygen atoms in total. The number of hydrogen-bond donors (Lipinski definition) is 2. The largest absolute Gasteiger partial charge is 0.395 e. The molecule has 0 bridgehead atoms. The van der Waals surface area contributed by atoms with Crippen LogP contribution in [0.3, 0.4) is 0 Å². The Morgan fingerprint density at radius 3 is 2.80 bits per heavy atom. The van der Waals surface area contributed by atoms with Crippen molar-refractivity contribution in [3.63, 3.8) is 0 Å². The molecule has 0 atom stereocenters. The summed E-state index contributed by atoms with van der Waals surface area (Å²) in [7, 11) is 0. The lowest BCUT2D eigenvalue weighted by Gasteiger charge is -2.02. The van der Waals surface area contributed by atoms with E-state index in [-0.39, 0.29) is 6.61 Å². The van der Waals surface area contributed by atoms with E-state index < -0.39 is 16.4 Å². The van der Waals surface area contributed by atoms with Crippen LogP contribution in [0.1, 0.15) is 5.56 Å². The van der Waals surface area contributed by atoms with Crippen molar-refractivity contribution < 1.29 is 14.4 Å². The first-order chi connectivity index (χ1) is 7.15. The monoisotopic (exact) mass is 214 g/mol. The molecule has 82 valence electrons. The molecule has 0 aromatic heterocycles. The predicted molar refractivity (Wildman–Crippen MR) is 51.8 cm³/mol. The Labute approximate surface area is 85.7 Å². The van der Waals surface area contributed by atoms with Gasteiger partial charge >= 0.3 is 5.69 Å². The third-order valence-electron chi connectivity index (χ3n) is 1.83. The molecule has 0 spiro atoms. The van der Waals surface area contributed by atoms with Crippen LogP contribution in [0.15, 0.2) is 18.2 Å². The van der Waals surface area contributed by atoms with Crippen LogP contribution >= 0.6 is 0 Å². The highest BCUT2D eigenvalue weighted by Gasteiger charge is 2.13. The quantitative estimate of drug-likeness (QED) is 0.432. The molecule has 0 fully saturated rings. The summed E-state index contributed by atoms with van der Waals surface area (Å²) in [4.78, 5) is 9.55. The minimum Gasteiger partial charge on any atom is -0.395 e. The second-order valence-corrected chi connectivity index (χ2v) is 2.94. The Balaban J connectivity index is 2.69. The van der Waals surface area contributed by atoms with Gasteiger partial charge in [-0.15, -0.1) is 0 Å². The molecule has 1 aromatic carbocycles. The Hall–Kier alpha value is -1.53. The second-order valence-electron chi connectivity index (χ2n) is 2.94. The Bertz CT molecular complexity index is 357. The number of nitro groups is 1. The molecule has 0 amide bonds. The molecule has 2 N–H and O–H groups in total. The maximum Gasteiger partial charge on any atom is 0.304 e. The van der Waals surface area contributed by atoms with Crippen molar-refractivity contribution in [2.75, 3.05) is 13.2 Å². The molecule has 0 heterocycles. The molecule has 0 saturated heterocycles. The number of aliphatic hydroxyl groups is 1. The van der Waals surface area contributed by atoms with Crippen molar-refractivity contribution in [2.24, 2.45) is 0 Å². The summed E-state index contributed by atoms with van der Waals surface area (Å²) in [5.74, 6) is -0.844. The van der Waals surface area contributed by atoms with Crippen LogP contribution in [0.5, 0.6) is 0 Å². The van der Waals surface area contributed by atoms with Gasteiger partial charge in [-0.25, -0.2) is 0 Å². The van der Waals surface area contributed by atoms with Crippen molar-refractivity contribution in [3.8, 4) is 0 Å². The van der Waals surface area contributed by atoms with Gasteiger partial charge in [-0.3, -0.25) is 10.1 Å². The van der Waals surface area contributed by atoms with Crippen LogP contribution in [0, 0.1) is 15.9 Å². The normalized spacial score (nSPS) is 10.3. The van der Waals surface area contributed by atoms with Crippen molar-refractivity contribution in [3.05, 3.63) is 39.7 Å². The van der Waals surface area contributed by atoms with E-state index in [4.69, 9.17) is 5.11 Å². The van der Waals surface area contributed by atoms with Gasteiger partial charge in [0.25, 0.3) is 0 Å². The van der Waals surface area contributed by atoms with Gasteiger partial charge in [-0.05, 0) is 11.6 Å². The van der Waals surface area contributed by atoms with Gasteiger partial charge in [0.05, 0.1) is 11.5 Å². The van der Waals surface area contributed by atoms with Crippen LogP contribution in [0.25, 0.3) is 0 Å². The molecule has 0 radical (unpaired) electrons. The maximum absolute atomic E-state index is 13.1. The molecule has 0 aliphatic carbocycles. The number of nitrogens with zero attached hydrogens (tertiary/aromatic N) is 1. The van der Waals surface area contributed by atoms with Gasteiger partial charge < -0.3 is 10.4 Å². The first-order valence-electron chi connectivity index (χ1n) is 4.39. The molecule has 6 heteroatoms. The van der Waals surface area contributed by atoms with Gasteiger partial charge in [-0.2, -0.15) is 4.39 Å². The summed E-state index contributed by atoms with van der Waals surface area (Å²) in [5, 5.41) is 21.6. The van der Waals surface area contributed by atoms with Gasteiger partial charge in [0, 0.05) is 19.2 Å². The van der Waals surface area contributed by atoms with E-state index in [0.29, 0.717) is 18.7 Å². The van der Waals surface area contributed by atoms with Crippen LogP contribution in [0.2, 0.25) is 0 Å². The SMILES string of the molecule is O=[N+]([O-])c1ccc(CNCCO)cc1F. The number of rotatable bonds is 5. The minimum absolute atomic E-state index is 0.00450. The number of halogens is 1. The molecule has 0 aliphatic rings. The van der Waals surface area contributed by atoms with E-state index in [0.717, 1.165) is 12.1 Å². The first-order valence-corrected chi connectivity index (χ1v) is 4.39. The zero-order chi connectivity index (χ0) is 11.3. The van der Waals surface area contributed by atoms with E-state index in [1.807, 2.05) is 0 Å². The van der Waals surface area contributed by atoms with Crippen LogP contribution in [0.4, 0.5) is 10.1 Å². The Kier molecular flexibility index (Phi) is 4.14. The molecule has 1 rings (SSSR count). The summed E-state index contributed by atoms with van der Waals surface area (Å²) in [6, 6.07) is 3.72. The lowest BCUT2D eigenvalue weighted by Crippen LogP contribution is -2.17. The lowest BCUT2D eigenvalue weighted by atomic mass is 10.2. The van der Waals surface area contributed by atoms with E-state index in [1.54, 1.807) is 0 Å².